The summed E-state index contributed by atoms with van der Waals surface area (Å²) < 4.78 is 5.57. The van der Waals surface area contributed by atoms with Crippen LogP contribution in [0.15, 0.2) is 12.3 Å². The highest BCUT2D eigenvalue weighted by molar-refractivity contribution is 5.64. The molecule has 1 saturated heterocycles. The van der Waals surface area contributed by atoms with E-state index in [1.165, 1.54) is 6.20 Å². The zero-order chi connectivity index (χ0) is 12.3. The second kappa shape index (κ2) is 5.02. The number of hydrogen-bond donors (Lipinski definition) is 1. The molecule has 1 fully saturated rings. The molecule has 0 spiro atoms. The van der Waals surface area contributed by atoms with E-state index in [0.717, 1.165) is 26.0 Å². The molecule has 0 aliphatic carbocycles. The molecule has 5 nitrogen and oxygen atoms in total. The minimum Gasteiger partial charge on any atom is -0.396 e. The van der Waals surface area contributed by atoms with Gasteiger partial charge < -0.3 is 15.4 Å². The van der Waals surface area contributed by atoms with Gasteiger partial charge in [0.15, 0.2) is 5.82 Å². The lowest BCUT2D eigenvalue weighted by Gasteiger charge is -2.22. The molecule has 1 aromatic rings. The summed E-state index contributed by atoms with van der Waals surface area (Å²) in [6.07, 6.45) is 4.00. The molecule has 90 valence electrons. The zero-order valence-corrected chi connectivity index (χ0v) is 9.89. The van der Waals surface area contributed by atoms with Crippen LogP contribution in [-0.2, 0) is 4.74 Å². The third kappa shape index (κ3) is 2.66. The number of pyridine rings is 1. The highest BCUT2D eigenvalue weighted by Crippen LogP contribution is 2.22. The van der Waals surface area contributed by atoms with Crippen molar-refractivity contribution in [1.82, 2.24) is 4.98 Å². The summed E-state index contributed by atoms with van der Waals surface area (Å²) in [7, 11) is 1.94. The molecule has 1 unspecified atom stereocenters. The normalized spacial score (nSPS) is 18.9. The Balaban J connectivity index is 2.08. The molecule has 2 N–H and O–H groups in total. The maximum Gasteiger partial charge on any atom is 0.151 e. The van der Waals surface area contributed by atoms with E-state index in [0.29, 0.717) is 17.1 Å². The number of ether oxygens (including phenoxy) is 1. The highest BCUT2D eigenvalue weighted by atomic mass is 16.5. The molecule has 5 heteroatoms. The lowest BCUT2D eigenvalue weighted by Crippen LogP contribution is -2.29. The first-order valence-electron chi connectivity index (χ1n) is 5.69. The number of nitrogens with zero attached hydrogens (tertiary/aromatic N) is 3. The average Bonchev–Trinajstić information content (AvgIpc) is 2.81. The number of nitriles is 1. The van der Waals surface area contributed by atoms with Gasteiger partial charge in [0.2, 0.25) is 0 Å². The zero-order valence-electron chi connectivity index (χ0n) is 9.89. The molecule has 0 saturated carbocycles. The van der Waals surface area contributed by atoms with Crippen LogP contribution in [-0.4, -0.2) is 31.3 Å². The summed E-state index contributed by atoms with van der Waals surface area (Å²) >= 11 is 0. The molecule has 2 heterocycles. The van der Waals surface area contributed by atoms with Crippen molar-refractivity contribution in [2.75, 3.05) is 30.8 Å². The van der Waals surface area contributed by atoms with E-state index in [2.05, 4.69) is 4.98 Å². The maximum absolute atomic E-state index is 8.74. The third-order valence-corrected chi connectivity index (χ3v) is 2.89. The van der Waals surface area contributed by atoms with Crippen molar-refractivity contribution >= 4 is 11.5 Å². The predicted molar refractivity (Wildman–Crippen MR) is 65.6 cm³/mol. The van der Waals surface area contributed by atoms with Crippen LogP contribution in [0.3, 0.4) is 0 Å². The molecular formula is C12H16N4O. The minimum atomic E-state index is 0.261. The first kappa shape index (κ1) is 11.7. The summed E-state index contributed by atoms with van der Waals surface area (Å²) in [5, 5.41) is 8.74. The van der Waals surface area contributed by atoms with Crippen LogP contribution in [0.2, 0.25) is 0 Å². The maximum atomic E-state index is 8.74. The van der Waals surface area contributed by atoms with Gasteiger partial charge in [0.05, 0.1) is 17.4 Å². The van der Waals surface area contributed by atoms with Gasteiger partial charge >= 0.3 is 0 Å². The van der Waals surface area contributed by atoms with E-state index in [4.69, 9.17) is 15.7 Å². The Kier molecular flexibility index (Phi) is 3.45. The smallest absolute Gasteiger partial charge is 0.151 e. The molecule has 0 aromatic carbocycles. The van der Waals surface area contributed by atoms with Gasteiger partial charge in [0.1, 0.15) is 6.07 Å². The van der Waals surface area contributed by atoms with E-state index in [-0.39, 0.29) is 6.10 Å². The predicted octanol–water partition coefficient (Wildman–Crippen LogP) is 1.15. The standard InChI is InChI=1S/C12H16N4O/c1-16(8-10-3-2-4-17-10)12-11(14)5-9(6-13)7-15-12/h5,7,10H,2-4,8,14H2,1H3. The molecule has 1 aliphatic heterocycles. The van der Waals surface area contributed by atoms with Crippen molar-refractivity contribution in [2.45, 2.75) is 18.9 Å². The van der Waals surface area contributed by atoms with E-state index in [1.807, 2.05) is 18.0 Å². The highest BCUT2D eigenvalue weighted by Gasteiger charge is 2.19. The molecule has 0 radical (unpaired) electrons. The van der Waals surface area contributed by atoms with Gasteiger partial charge in [-0.1, -0.05) is 0 Å². The molecule has 0 amide bonds. The van der Waals surface area contributed by atoms with Crippen LogP contribution in [0.1, 0.15) is 18.4 Å². The minimum absolute atomic E-state index is 0.261. The summed E-state index contributed by atoms with van der Waals surface area (Å²) in [4.78, 5) is 6.19. The van der Waals surface area contributed by atoms with Crippen LogP contribution >= 0.6 is 0 Å². The van der Waals surface area contributed by atoms with Gasteiger partial charge in [-0.2, -0.15) is 5.26 Å². The fourth-order valence-electron chi connectivity index (χ4n) is 2.03. The summed E-state index contributed by atoms with van der Waals surface area (Å²) in [5.41, 5.74) is 6.89. The van der Waals surface area contributed by atoms with Crippen LogP contribution in [0.5, 0.6) is 0 Å². The fraction of sp³-hybridized carbons (Fsp3) is 0.500. The second-order valence-corrected chi connectivity index (χ2v) is 4.26. The SMILES string of the molecule is CN(CC1CCCO1)c1ncc(C#N)cc1N. The molecule has 2 rings (SSSR count). The first-order valence-corrected chi connectivity index (χ1v) is 5.69. The molecule has 17 heavy (non-hydrogen) atoms. The molecule has 1 aliphatic rings. The lowest BCUT2D eigenvalue weighted by atomic mass is 10.2. The monoisotopic (exact) mass is 232 g/mol. The Hall–Kier alpha value is -1.80. The number of nitrogen functional groups attached to an aromatic ring is 1. The number of hydrogen-bond acceptors (Lipinski definition) is 5. The van der Waals surface area contributed by atoms with Gasteiger partial charge in [0.25, 0.3) is 0 Å². The quantitative estimate of drug-likeness (QED) is 0.846. The molecule has 1 aromatic heterocycles. The Bertz CT molecular complexity index is 435. The van der Waals surface area contributed by atoms with Crippen molar-refractivity contribution in [3.63, 3.8) is 0 Å². The largest absolute Gasteiger partial charge is 0.396 e. The molecule has 1 atom stereocenters. The van der Waals surface area contributed by atoms with Gasteiger partial charge in [-0.25, -0.2) is 4.98 Å². The van der Waals surface area contributed by atoms with Gasteiger partial charge in [-0.15, -0.1) is 0 Å². The summed E-state index contributed by atoms with van der Waals surface area (Å²) in [6, 6.07) is 3.67. The van der Waals surface area contributed by atoms with Crippen molar-refractivity contribution in [1.29, 1.82) is 5.26 Å². The van der Waals surface area contributed by atoms with Crippen LogP contribution in [0.4, 0.5) is 11.5 Å². The van der Waals surface area contributed by atoms with Gasteiger partial charge in [-0.3, -0.25) is 0 Å². The van der Waals surface area contributed by atoms with E-state index in [1.54, 1.807) is 6.07 Å². The Morgan fingerprint density at radius 1 is 1.71 bits per heavy atom. The van der Waals surface area contributed by atoms with Gasteiger partial charge in [-0.05, 0) is 18.9 Å². The fourth-order valence-corrected chi connectivity index (χ4v) is 2.03. The summed E-state index contributed by atoms with van der Waals surface area (Å²) in [5.74, 6) is 0.708. The number of likely N-dealkylation sites (N-methyl/N-ethyl adjacent to an activating group) is 1. The third-order valence-electron chi connectivity index (χ3n) is 2.89. The van der Waals surface area contributed by atoms with E-state index < -0.39 is 0 Å². The van der Waals surface area contributed by atoms with Crippen molar-refractivity contribution in [2.24, 2.45) is 0 Å². The Morgan fingerprint density at radius 3 is 3.12 bits per heavy atom. The van der Waals surface area contributed by atoms with Crippen LogP contribution < -0.4 is 10.6 Å². The number of nitrogens with two attached hydrogens (primary N) is 1. The first-order chi connectivity index (χ1) is 8.20. The second-order valence-electron chi connectivity index (χ2n) is 4.26. The number of aromatic nitrogens is 1. The number of anilines is 2. The van der Waals surface area contributed by atoms with Crippen molar-refractivity contribution in [3.05, 3.63) is 17.8 Å². The van der Waals surface area contributed by atoms with Crippen molar-refractivity contribution < 1.29 is 4.74 Å². The molecular weight excluding hydrogens is 216 g/mol. The average molecular weight is 232 g/mol. The lowest BCUT2D eigenvalue weighted by molar-refractivity contribution is 0.116. The Morgan fingerprint density at radius 2 is 2.53 bits per heavy atom. The summed E-state index contributed by atoms with van der Waals surface area (Å²) in [6.45, 7) is 1.62. The van der Waals surface area contributed by atoms with Gasteiger partial charge in [0, 0.05) is 26.4 Å². The van der Waals surface area contributed by atoms with E-state index in [9.17, 15) is 0 Å². The van der Waals surface area contributed by atoms with E-state index >= 15 is 0 Å². The topological polar surface area (TPSA) is 75.2 Å². The van der Waals surface area contributed by atoms with Crippen molar-refractivity contribution in [3.8, 4) is 6.07 Å². The molecule has 0 bridgehead atoms. The number of rotatable bonds is 3. The van der Waals surface area contributed by atoms with Crippen LogP contribution in [0.25, 0.3) is 0 Å². The van der Waals surface area contributed by atoms with Crippen LogP contribution in [0, 0.1) is 11.3 Å². The Labute approximate surface area is 101 Å².